The normalized spacial score (nSPS) is 11.5. The van der Waals surface area contributed by atoms with Crippen LogP contribution < -0.4 is 10.9 Å². The summed E-state index contributed by atoms with van der Waals surface area (Å²) in [5, 5.41) is 11.7. The maximum atomic E-state index is 13.8. The molecule has 160 valence electrons. The van der Waals surface area contributed by atoms with Crippen LogP contribution in [-0.2, 0) is 11.3 Å². The molecule has 0 bridgehead atoms. The lowest BCUT2D eigenvalue weighted by atomic mass is 10.2. The molecule has 2 heterocycles. The third-order valence-corrected chi connectivity index (χ3v) is 5.49. The fraction of sp³-hybridized carbons (Fsp3) is 0.238. The van der Waals surface area contributed by atoms with E-state index in [-0.39, 0.29) is 22.9 Å². The molecule has 0 unspecified atom stereocenters. The van der Waals surface area contributed by atoms with E-state index >= 15 is 0 Å². The number of para-hydroxylation sites is 1. The topological polar surface area (TPSA) is 81.3 Å². The third kappa shape index (κ3) is 4.15. The van der Waals surface area contributed by atoms with Crippen LogP contribution in [0, 0.1) is 17.6 Å². The maximum Gasteiger partial charge on any atom is 0.262 e. The molecule has 7 nitrogen and oxygen atoms in total. The summed E-state index contributed by atoms with van der Waals surface area (Å²) in [5.74, 6) is -1.52. The van der Waals surface area contributed by atoms with Gasteiger partial charge in [-0.25, -0.2) is 8.78 Å². The molecule has 1 amide bonds. The van der Waals surface area contributed by atoms with E-state index < -0.39 is 17.5 Å². The van der Waals surface area contributed by atoms with E-state index in [2.05, 4.69) is 15.5 Å². The molecule has 0 radical (unpaired) electrons. The Kier molecular flexibility index (Phi) is 5.73. The van der Waals surface area contributed by atoms with Gasteiger partial charge in [-0.1, -0.05) is 37.7 Å². The van der Waals surface area contributed by atoms with E-state index in [1.165, 1.54) is 0 Å². The number of amides is 1. The Morgan fingerprint density at radius 1 is 1.16 bits per heavy atom. The number of carbonyl (C=O) groups excluding carboxylic acids is 1. The molecule has 0 aliphatic rings. The first kappa shape index (κ1) is 21.0. The summed E-state index contributed by atoms with van der Waals surface area (Å²) in [6.07, 6.45) is 0. The van der Waals surface area contributed by atoms with Crippen LogP contribution in [0.1, 0.15) is 13.8 Å². The number of nitrogens with zero attached hydrogens (tertiary/aromatic N) is 4. The first-order chi connectivity index (χ1) is 14.8. The lowest BCUT2D eigenvalue weighted by Gasteiger charge is -2.12. The molecule has 0 atom stereocenters. The summed E-state index contributed by atoms with van der Waals surface area (Å²) in [4.78, 5) is 25.3. The Hall–Kier alpha value is -3.27. The van der Waals surface area contributed by atoms with Gasteiger partial charge in [0.15, 0.2) is 5.16 Å². The van der Waals surface area contributed by atoms with Gasteiger partial charge in [-0.15, -0.1) is 10.2 Å². The first-order valence-corrected chi connectivity index (χ1v) is 10.6. The maximum absolute atomic E-state index is 13.8. The average molecular weight is 443 g/mol. The number of hydrogen-bond donors (Lipinski definition) is 1. The molecule has 31 heavy (non-hydrogen) atoms. The number of halogens is 2. The van der Waals surface area contributed by atoms with Crippen LogP contribution in [0.15, 0.2) is 52.4 Å². The van der Waals surface area contributed by atoms with Gasteiger partial charge in [-0.2, -0.15) is 0 Å². The molecule has 0 saturated heterocycles. The lowest BCUT2D eigenvalue weighted by Crippen LogP contribution is -2.25. The first-order valence-electron chi connectivity index (χ1n) is 9.59. The Morgan fingerprint density at radius 3 is 2.68 bits per heavy atom. The van der Waals surface area contributed by atoms with Gasteiger partial charge in [0.05, 0.1) is 22.3 Å². The number of fused-ring (bicyclic) bond motifs is 3. The summed E-state index contributed by atoms with van der Waals surface area (Å²) in [7, 11) is 0. The zero-order valence-electron chi connectivity index (χ0n) is 16.8. The van der Waals surface area contributed by atoms with E-state index in [1.54, 1.807) is 27.2 Å². The van der Waals surface area contributed by atoms with Gasteiger partial charge in [-0.05, 0) is 30.2 Å². The van der Waals surface area contributed by atoms with Crippen LogP contribution in [0.4, 0.5) is 14.5 Å². The highest BCUT2D eigenvalue weighted by atomic mass is 32.2. The number of benzene rings is 2. The van der Waals surface area contributed by atoms with Gasteiger partial charge >= 0.3 is 0 Å². The minimum absolute atomic E-state index is 0.0742. The second-order valence-electron chi connectivity index (χ2n) is 7.41. The van der Waals surface area contributed by atoms with Crippen LogP contribution in [0.25, 0.3) is 16.7 Å². The molecule has 0 saturated carbocycles. The smallest absolute Gasteiger partial charge is 0.262 e. The van der Waals surface area contributed by atoms with E-state index in [9.17, 15) is 18.4 Å². The summed E-state index contributed by atoms with van der Waals surface area (Å²) in [6.45, 7) is 4.48. The number of thioether (sulfide) groups is 1. The second-order valence-corrected chi connectivity index (χ2v) is 8.35. The Labute approximate surface area is 180 Å². The largest absolute Gasteiger partial charge is 0.323 e. The van der Waals surface area contributed by atoms with Crippen molar-refractivity contribution in [2.75, 3.05) is 11.1 Å². The summed E-state index contributed by atoms with van der Waals surface area (Å²) < 4.78 is 30.1. The van der Waals surface area contributed by atoms with E-state index in [0.717, 1.165) is 23.9 Å². The molecule has 0 aliphatic carbocycles. The molecule has 2 aromatic heterocycles. The molecule has 0 spiro atoms. The van der Waals surface area contributed by atoms with Crippen molar-refractivity contribution in [2.24, 2.45) is 5.92 Å². The van der Waals surface area contributed by atoms with Crippen LogP contribution in [0.5, 0.6) is 0 Å². The van der Waals surface area contributed by atoms with Crippen molar-refractivity contribution in [3.8, 4) is 0 Å². The van der Waals surface area contributed by atoms with E-state index in [1.807, 2.05) is 19.9 Å². The van der Waals surface area contributed by atoms with E-state index in [4.69, 9.17) is 0 Å². The zero-order chi connectivity index (χ0) is 22.1. The highest BCUT2D eigenvalue weighted by Crippen LogP contribution is 2.23. The minimum Gasteiger partial charge on any atom is -0.323 e. The van der Waals surface area contributed by atoms with Gasteiger partial charge < -0.3 is 5.32 Å². The van der Waals surface area contributed by atoms with Crippen molar-refractivity contribution < 1.29 is 13.6 Å². The van der Waals surface area contributed by atoms with Crippen LogP contribution in [-0.4, -0.2) is 30.8 Å². The third-order valence-electron chi connectivity index (χ3n) is 4.56. The van der Waals surface area contributed by atoms with E-state index in [0.29, 0.717) is 34.4 Å². The van der Waals surface area contributed by atoms with Crippen LogP contribution >= 0.6 is 11.8 Å². The average Bonchev–Trinajstić information content (AvgIpc) is 3.15. The van der Waals surface area contributed by atoms with Gasteiger partial charge in [-0.3, -0.25) is 18.6 Å². The molecular weight excluding hydrogens is 424 g/mol. The SMILES string of the molecule is CC(C)Cn1c(=O)c2ccccc2n2c(SCC(=O)Nc3ccc(F)cc3F)nnc12. The van der Waals surface area contributed by atoms with Crippen molar-refractivity contribution in [1.29, 1.82) is 0 Å². The monoisotopic (exact) mass is 443 g/mol. The van der Waals surface area contributed by atoms with Crippen molar-refractivity contribution >= 4 is 40.0 Å². The number of rotatable bonds is 6. The van der Waals surface area contributed by atoms with Gasteiger partial charge in [0.2, 0.25) is 11.7 Å². The Morgan fingerprint density at radius 2 is 1.94 bits per heavy atom. The van der Waals surface area contributed by atoms with Crippen molar-refractivity contribution in [3.05, 3.63) is 64.5 Å². The molecule has 10 heteroatoms. The van der Waals surface area contributed by atoms with Gasteiger partial charge in [0.25, 0.3) is 5.56 Å². The lowest BCUT2D eigenvalue weighted by molar-refractivity contribution is -0.113. The molecule has 1 N–H and O–H groups in total. The highest BCUT2D eigenvalue weighted by molar-refractivity contribution is 7.99. The van der Waals surface area contributed by atoms with Crippen LogP contribution in [0.2, 0.25) is 0 Å². The molecule has 4 rings (SSSR count). The fourth-order valence-electron chi connectivity index (χ4n) is 3.26. The van der Waals surface area contributed by atoms with Crippen molar-refractivity contribution in [2.45, 2.75) is 25.5 Å². The van der Waals surface area contributed by atoms with Crippen molar-refractivity contribution in [3.63, 3.8) is 0 Å². The number of hydrogen-bond acceptors (Lipinski definition) is 5. The minimum atomic E-state index is -0.852. The standard InChI is InChI=1S/C21H19F2N5O2S/c1-12(2)10-27-19(30)14-5-3-4-6-17(14)28-20(27)25-26-21(28)31-11-18(29)24-16-8-7-13(22)9-15(16)23/h3-9,12H,10-11H2,1-2H3,(H,24,29). The number of anilines is 1. The van der Waals surface area contributed by atoms with Gasteiger partial charge in [0.1, 0.15) is 11.6 Å². The molecule has 0 fully saturated rings. The summed E-state index contributed by atoms with van der Waals surface area (Å²) in [5.41, 5.74) is 0.389. The molecular formula is C21H19F2N5O2S. The van der Waals surface area contributed by atoms with Crippen molar-refractivity contribution in [1.82, 2.24) is 19.2 Å². The van der Waals surface area contributed by atoms with Crippen LogP contribution in [0.3, 0.4) is 0 Å². The summed E-state index contributed by atoms with van der Waals surface area (Å²) >= 11 is 1.11. The molecule has 2 aromatic carbocycles. The molecule has 4 aromatic rings. The second kappa shape index (κ2) is 8.46. The number of aromatic nitrogens is 4. The fourth-order valence-corrected chi connectivity index (χ4v) is 4.00. The molecule has 0 aliphatic heterocycles. The predicted molar refractivity (Wildman–Crippen MR) is 115 cm³/mol. The highest BCUT2D eigenvalue weighted by Gasteiger charge is 2.18. The predicted octanol–water partition coefficient (Wildman–Crippen LogP) is 3.71. The number of carbonyl (C=O) groups is 1. The number of nitrogens with one attached hydrogen (secondary N) is 1. The Bertz CT molecular complexity index is 1350. The van der Waals surface area contributed by atoms with Gasteiger partial charge in [0, 0.05) is 12.6 Å². The quantitative estimate of drug-likeness (QED) is 0.460. The zero-order valence-corrected chi connectivity index (χ0v) is 17.6. The summed E-state index contributed by atoms with van der Waals surface area (Å²) in [6, 6.07) is 10.1. The Balaban J connectivity index is 1.66.